The van der Waals surface area contributed by atoms with Crippen molar-refractivity contribution in [1.82, 2.24) is 0 Å². The molecule has 0 radical (unpaired) electrons. The van der Waals surface area contributed by atoms with Gasteiger partial charge in [-0.15, -0.1) is 0 Å². The molecule has 3 heteroatoms. The van der Waals surface area contributed by atoms with E-state index in [-0.39, 0.29) is 23.7 Å². The van der Waals surface area contributed by atoms with Gasteiger partial charge in [-0.2, -0.15) is 0 Å². The van der Waals surface area contributed by atoms with Crippen molar-refractivity contribution in [3.63, 3.8) is 0 Å². The number of benzene rings is 1. The number of amides is 2. The molecule has 1 saturated heterocycles. The van der Waals surface area contributed by atoms with Crippen molar-refractivity contribution in [2.45, 2.75) is 20.3 Å². The fourth-order valence-electron chi connectivity index (χ4n) is 5.34. The highest BCUT2D eigenvalue weighted by Gasteiger charge is 2.67. The molecule has 1 aromatic rings. The SMILES string of the molecule is Cc1cccc(C)c1N1C(=O)[C@@H]2[C@H]3C=C[C@@H]([C@@H]4C[C@H]34)[C@H]2C1=O. The van der Waals surface area contributed by atoms with E-state index < -0.39 is 0 Å². The molecular formula is C19H19NO2. The van der Waals surface area contributed by atoms with Crippen molar-refractivity contribution in [2.75, 3.05) is 4.90 Å². The summed E-state index contributed by atoms with van der Waals surface area (Å²) in [7, 11) is 0. The van der Waals surface area contributed by atoms with Crippen LogP contribution in [0.1, 0.15) is 17.5 Å². The van der Waals surface area contributed by atoms with Crippen LogP contribution in [0.25, 0.3) is 0 Å². The van der Waals surface area contributed by atoms with E-state index in [0.29, 0.717) is 23.7 Å². The Morgan fingerprint density at radius 2 is 1.41 bits per heavy atom. The van der Waals surface area contributed by atoms with Crippen LogP contribution in [-0.4, -0.2) is 11.8 Å². The summed E-state index contributed by atoms with van der Waals surface area (Å²) < 4.78 is 0. The minimum absolute atomic E-state index is 0.0390. The maximum absolute atomic E-state index is 13.1. The second-order valence-electron chi connectivity index (χ2n) is 7.41. The average Bonchev–Trinajstić information content (AvgIpc) is 3.27. The Kier molecular flexibility index (Phi) is 2.23. The first-order valence-corrected chi connectivity index (χ1v) is 8.22. The molecule has 112 valence electrons. The second kappa shape index (κ2) is 3.89. The van der Waals surface area contributed by atoms with Crippen molar-refractivity contribution in [1.29, 1.82) is 0 Å². The summed E-state index contributed by atoms with van der Waals surface area (Å²) in [5.74, 6) is 1.78. The molecule has 6 rings (SSSR count). The van der Waals surface area contributed by atoms with E-state index in [4.69, 9.17) is 0 Å². The standard InChI is InChI=1S/C19H19NO2/c1-9-4-3-5-10(2)17(9)20-18(21)15-11-6-7-12(14-8-13(11)14)16(15)19(20)22/h3-7,11-16H,8H2,1-2H3/t11-,12-,13-,14+,15+,16+/m0/s1. The molecule has 0 spiro atoms. The van der Waals surface area contributed by atoms with Crippen LogP contribution in [0.4, 0.5) is 5.69 Å². The molecule has 4 aliphatic carbocycles. The van der Waals surface area contributed by atoms with Gasteiger partial charge in [0.05, 0.1) is 17.5 Å². The van der Waals surface area contributed by atoms with E-state index in [1.165, 1.54) is 11.3 Å². The largest absolute Gasteiger partial charge is 0.274 e. The lowest BCUT2D eigenvalue weighted by atomic mass is 9.63. The molecule has 1 heterocycles. The number of imide groups is 1. The normalized spacial score (nSPS) is 40.9. The van der Waals surface area contributed by atoms with Crippen LogP contribution in [0, 0.1) is 49.4 Å². The maximum atomic E-state index is 13.1. The first kappa shape index (κ1) is 12.6. The highest BCUT2D eigenvalue weighted by atomic mass is 16.2. The fourth-order valence-corrected chi connectivity index (χ4v) is 5.34. The van der Waals surface area contributed by atoms with Crippen LogP contribution in [0.3, 0.4) is 0 Å². The average molecular weight is 293 g/mol. The van der Waals surface area contributed by atoms with E-state index in [1.54, 1.807) is 0 Å². The predicted molar refractivity (Wildman–Crippen MR) is 83.1 cm³/mol. The third-order valence-corrected chi connectivity index (χ3v) is 6.33. The Morgan fingerprint density at radius 3 is 1.91 bits per heavy atom. The molecule has 0 N–H and O–H groups in total. The van der Waals surface area contributed by atoms with E-state index in [0.717, 1.165) is 16.8 Å². The number of para-hydroxylation sites is 1. The van der Waals surface area contributed by atoms with Crippen molar-refractivity contribution < 1.29 is 9.59 Å². The Morgan fingerprint density at radius 1 is 0.909 bits per heavy atom. The Labute approximate surface area is 130 Å². The lowest BCUT2D eigenvalue weighted by Crippen LogP contribution is -2.40. The summed E-state index contributed by atoms with van der Waals surface area (Å²) in [5, 5.41) is 0. The smallest absolute Gasteiger partial charge is 0.238 e. The number of rotatable bonds is 1. The van der Waals surface area contributed by atoms with Gasteiger partial charge in [0.15, 0.2) is 0 Å². The lowest BCUT2D eigenvalue weighted by Gasteiger charge is -2.37. The van der Waals surface area contributed by atoms with Crippen molar-refractivity contribution in [3.05, 3.63) is 41.5 Å². The van der Waals surface area contributed by atoms with Crippen molar-refractivity contribution in [2.24, 2.45) is 35.5 Å². The molecule has 0 unspecified atom stereocenters. The highest BCUT2D eigenvalue weighted by molar-refractivity contribution is 6.23. The molecule has 1 aromatic carbocycles. The van der Waals surface area contributed by atoms with E-state index in [2.05, 4.69) is 12.2 Å². The van der Waals surface area contributed by atoms with Crippen LogP contribution < -0.4 is 4.90 Å². The molecule has 5 aliphatic rings. The van der Waals surface area contributed by atoms with Gasteiger partial charge < -0.3 is 0 Å². The summed E-state index contributed by atoms with van der Waals surface area (Å²) in [5.41, 5.74) is 2.83. The number of hydrogen-bond donors (Lipinski definition) is 0. The molecule has 3 fully saturated rings. The maximum Gasteiger partial charge on any atom is 0.238 e. The summed E-state index contributed by atoms with van der Waals surface area (Å²) in [6.45, 7) is 3.96. The van der Waals surface area contributed by atoms with Crippen LogP contribution in [0.2, 0.25) is 0 Å². The summed E-state index contributed by atoms with van der Waals surface area (Å²) >= 11 is 0. The highest BCUT2D eigenvalue weighted by Crippen LogP contribution is 2.65. The molecule has 22 heavy (non-hydrogen) atoms. The van der Waals surface area contributed by atoms with Crippen molar-refractivity contribution >= 4 is 17.5 Å². The van der Waals surface area contributed by atoms with Gasteiger partial charge in [0.2, 0.25) is 11.8 Å². The predicted octanol–water partition coefficient (Wildman–Crippen LogP) is 2.86. The number of hydrogen-bond acceptors (Lipinski definition) is 2. The van der Waals surface area contributed by atoms with Crippen LogP contribution >= 0.6 is 0 Å². The third kappa shape index (κ3) is 1.33. The first-order chi connectivity index (χ1) is 10.6. The molecule has 1 aliphatic heterocycles. The van der Waals surface area contributed by atoms with Crippen LogP contribution in [-0.2, 0) is 9.59 Å². The number of anilines is 1. The van der Waals surface area contributed by atoms with Gasteiger partial charge in [0.1, 0.15) is 0 Å². The number of carbonyl (C=O) groups excluding carboxylic acids is 2. The van der Waals surface area contributed by atoms with Gasteiger partial charge in [-0.3, -0.25) is 9.59 Å². The Hall–Kier alpha value is -1.90. The van der Waals surface area contributed by atoms with Crippen molar-refractivity contribution in [3.8, 4) is 0 Å². The molecule has 6 atom stereocenters. The minimum Gasteiger partial charge on any atom is -0.274 e. The summed E-state index contributed by atoms with van der Waals surface area (Å²) in [6, 6.07) is 5.94. The van der Waals surface area contributed by atoms with Gasteiger partial charge in [0.25, 0.3) is 0 Å². The fraction of sp³-hybridized carbons (Fsp3) is 0.474. The number of aryl methyl sites for hydroxylation is 2. The van der Waals surface area contributed by atoms with Gasteiger partial charge in [-0.05, 0) is 55.1 Å². The molecule has 2 saturated carbocycles. The van der Waals surface area contributed by atoms with Gasteiger partial charge in [-0.1, -0.05) is 30.4 Å². The van der Waals surface area contributed by atoms with Crippen LogP contribution in [0.15, 0.2) is 30.4 Å². The molecule has 2 amide bonds. The first-order valence-electron chi connectivity index (χ1n) is 8.22. The zero-order chi connectivity index (χ0) is 15.2. The second-order valence-corrected chi connectivity index (χ2v) is 7.41. The van der Waals surface area contributed by atoms with E-state index in [1.807, 2.05) is 32.0 Å². The molecular weight excluding hydrogens is 274 g/mol. The summed E-state index contributed by atoms with van der Waals surface area (Å²) in [6.07, 6.45) is 5.65. The zero-order valence-electron chi connectivity index (χ0n) is 12.8. The van der Waals surface area contributed by atoms with Crippen LogP contribution in [0.5, 0.6) is 0 Å². The van der Waals surface area contributed by atoms with Gasteiger partial charge in [0, 0.05) is 0 Å². The summed E-state index contributed by atoms with van der Waals surface area (Å²) in [4.78, 5) is 27.7. The molecule has 3 nitrogen and oxygen atoms in total. The van der Waals surface area contributed by atoms with Gasteiger partial charge >= 0.3 is 0 Å². The zero-order valence-corrected chi connectivity index (χ0v) is 12.8. The van der Waals surface area contributed by atoms with Gasteiger partial charge in [-0.25, -0.2) is 4.90 Å². The number of allylic oxidation sites excluding steroid dienone is 2. The molecule has 0 aromatic heterocycles. The van der Waals surface area contributed by atoms with E-state index >= 15 is 0 Å². The molecule has 2 bridgehead atoms. The number of nitrogens with zero attached hydrogens (tertiary/aromatic N) is 1. The Balaban J connectivity index is 1.64. The number of carbonyl (C=O) groups is 2. The minimum atomic E-state index is -0.106. The quantitative estimate of drug-likeness (QED) is 0.590. The Bertz CT molecular complexity index is 694. The third-order valence-electron chi connectivity index (χ3n) is 6.33. The van der Waals surface area contributed by atoms with E-state index in [9.17, 15) is 9.59 Å². The topological polar surface area (TPSA) is 37.4 Å². The monoisotopic (exact) mass is 293 g/mol. The lowest BCUT2D eigenvalue weighted by molar-refractivity contribution is -0.124.